The third-order valence-corrected chi connectivity index (χ3v) is 2.94. The van der Waals surface area contributed by atoms with Crippen LogP contribution in [0.5, 0.6) is 0 Å². The first-order chi connectivity index (χ1) is 6.48. The van der Waals surface area contributed by atoms with E-state index in [9.17, 15) is 4.39 Å². The molecule has 0 spiro atoms. The fourth-order valence-corrected chi connectivity index (χ4v) is 1.41. The van der Waals surface area contributed by atoms with Gasteiger partial charge in [-0.2, -0.15) is 0 Å². The highest BCUT2D eigenvalue weighted by Crippen LogP contribution is 2.33. The van der Waals surface area contributed by atoms with Crippen LogP contribution in [-0.4, -0.2) is 6.54 Å². The van der Waals surface area contributed by atoms with Crippen molar-refractivity contribution >= 4 is 11.6 Å². The van der Waals surface area contributed by atoms with Gasteiger partial charge < -0.3 is 5.73 Å². The zero-order chi connectivity index (χ0) is 10.8. The second-order valence-corrected chi connectivity index (χ2v) is 4.16. The van der Waals surface area contributed by atoms with Crippen LogP contribution in [0.3, 0.4) is 0 Å². The van der Waals surface area contributed by atoms with E-state index in [0.717, 1.165) is 0 Å². The topological polar surface area (TPSA) is 26.0 Å². The van der Waals surface area contributed by atoms with E-state index in [4.69, 9.17) is 17.3 Å². The first-order valence-corrected chi connectivity index (χ1v) is 5.01. The fraction of sp³-hybridized carbons (Fsp3) is 0.455. The predicted molar refractivity (Wildman–Crippen MR) is 58.1 cm³/mol. The molecule has 1 rings (SSSR count). The highest BCUT2D eigenvalue weighted by Gasteiger charge is 2.31. The molecule has 1 aromatic rings. The van der Waals surface area contributed by atoms with Crippen LogP contribution in [-0.2, 0) is 5.67 Å². The van der Waals surface area contributed by atoms with Crippen molar-refractivity contribution in [3.05, 3.63) is 34.9 Å². The monoisotopic (exact) mass is 215 g/mol. The van der Waals surface area contributed by atoms with Crippen LogP contribution >= 0.6 is 11.6 Å². The van der Waals surface area contributed by atoms with Gasteiger partial charge in [-0.25, -0.2) is 4.39 Å². The summed E-state index contributed by atoms with van der Waals surface area (Å²) in [5.74, 6) is -0.205. The summed E-state index contributed by atoms with van der Waals surface area (Å²) in [6.07, 6.45) is 0. The van der Waals surface area contributed by atoms with Crippen LogP contribution in [0, 0.1) is 5.92 Å². The molecule has 2 unspecified atom stereocenters. The minimum atomic E-state index is -1.39. The smallest absolute Gasteiger partial charge is 0.136 e. The third kappa shape index (κ3) is 2.25. The van der Waals surface area contributed by atoms with Gasteiger partial charge in [0.15, 0.2) is 0 Å². The molecule has 0 saturated carbocycles. The Morgan fingerprint density at radius 3 is 2.36 bits per heavy atom. The Labute approximate surface area is 89.1 Å². The Balaban J connectivity index is 2.97. The average Bonchev–Trinajstić information content (AvgIpc) is 2.17. The van der Waals surface area contributed by atoms with Crippen LogP contribution < -0.4 is 5.73 Å². The Morgan fingerprint density at radius 2 is 1.93 bits per heavy atom. The Kier molecular flexibility index (Phi) is 3.51. The maximum Gasteiger partial charge on any atom is 0.136 e. The molecule has 0 aliphatic rings. The van der Waals surface area contributed by atoms with Gasteiger partial charge in [0.25, 0.3) is 0 Å². The van der Waals surface area contributed by atoms with Crippen molar-refractivity contribution in [3.63, 3.8) is 0 Å². The fourth-order valence-electron chi connectivity index (χ4n) is 1.28. The number of hydrogen-bond donors (Lipinski definition) is 1. The predicted octanol–water partition coefficient (Wildman–Crippen LogP) is 3.12. The van der Waals surface area contributed by atoms with Gasteiger partial charge in [-0.05, 0) is 31.2 Å². The summed E-state index contributed by atoms with van der Waals surface area (Å²) < 4.78 is 14.2. The van der Waals surface area contributed by atoms with Gasteiger partial charge in [0.1, 0.15) is 5.67 Å². The number of benzene rings is 1. The lowest BCUT2D eigenvalue weighted by Crippen LogP contribution is -2.30. The molecule has 2 N–H and O–H groups in total. The number of halogens is 2. The first kappa shape index (κ1) is 11.5. The zero-order valence-corrected chi connectivity index (χ0v) is 9.18. The standard InChI is InChI=1S/C11H15ClFN/c1-8(7-14)11(2,13)9-3-5-10(12)6-4-9/h3-6,8H,7,14H2,1-2H3. The maximum absolute atomic E-state index is 14.2. The summed E-state index contributed by atoms with van der Waals surface area (Å²) in [5, 5.41) is 0.616. The Hall–Kier alpha value is -0.600. The van der Waals surface area contributed by atoms with Crippen molar-refractivity contribution in [1.29, 1.82) is 0 Å². The molecule has 0 radical (unpaired) electrons. The Bertz CT molecular complexity index is 295. The van der Waals surface area contributed by atoms with Gasteiger partial charge in [-0.15, -0.1) is 0 Å². The van der Waals surface area contributed by atoms with E-state index < -0.39 is 5.67 Å². The van der Waals surface area contributed by atoms with Gasteiger partial charge in [0.2, 0.25) is 0 Å². The van der Waals surface area contributed by atoms with Crippen molar-refractivity contribution in [2.45, 2.75) is 19.5 Å². The molecule has 2 atom stereocenters. The van der Waals surface area contributed by atoms with E-state index in [1.54, 1.807) is 38.1 Å². The molecule has 0 aromatic heterocycles. The molecule has 1 nitrogen and oxygen atoms in total. The molecule has 78 valence electrons. The van der Waals surface area contributed by atoms with Gasteiger partial charge in [-0.1, -0.05) is 30.7 Å². The number of rotatable bonds is 3. The van der Waals surface area contributed by atoms with Gasteiger partial charge in [0, 0.05) is 10.9 Å². The molecule has 14 heavy (non-hydrogen) atoms. The average molecular weight is 216 g/mol. The lowest BCUT2D eigenvalue weighted by molar-refractivity contribution is 0.117. The molecule has 0 saturated heterocycles. The van der Waals surface area contributed by atoms with E-state index in [0.29, 0.717) is 17.1 Å². The minimum Gasteiger partial charge on any atom is -0.330 e. The van der Waals surface area contributed by atoms with Crippen molar-refractivity contribution < 1.29 is 4.39 Å². The Morgan fingerprint density at radius 1 is 1.43 bits per heavy atom. The van der Waals surface area contributed by atoms with Crippen LogP contribution in [0.15, 0.2) is 24.3 Å². The second-order valence-electron chi connectivity index (χ2n) is 3.72. The number of hydrogen-bond acceptors (Lipinski definition) is 1. The molecule has 0 fully saturated rings. The molecule has 0 aliphatic carbocycles. The molecule has 3 heteroatoms. The molecule has 0 bridgehead atoms. The van der Waals surface area contributed by atoms with E-state index in [1.807, 2.05) is 0 Å². The molecular formula is C11H15ClFN. The number of alkyl halides is 1. The summed E-state index contributed by atoms with van der Waals surface area (Å²) in [7, 11) is 0. The molecular weight excluding hydrogens is 201 g/mol. The first-order valence-electron chi connectivity index (χ1n) is 4.63. The van der Waals surface area contributed by atoms with Crippen LogP contribution in [0.1, 0.15) is 19.4 Å². The lowest BCUT2D eigenvalue weighted by atomic mass is 9.86. The lowest BCUT2D eigenvalue weighted by Gasteiger charge is -2.27. The minimum absolute atomic E-state index is 0.205. The van der Waals surface area contributed by atoms with Crippen molar-refractivity contribution in [2.75, 3.05) is 6.54 Å². The van der Waals surface area contributed by atoms with Gasteiger partial charge in [-0.3, -0.25) is 0 Å². The van der Waals surface area contributed by atoms with Crippen LogP contribution in [0.4, 0.5) is 4.39 Å². The van der Waals surface area contributed by atoms with E-state index in [2.05, 4.69) is 0 Å². The van der Waals surface area contributed by atoms with E-state index in [1.165, 1.54) is 0 Å². The SMILES string of the molecule is CC(CN)C(C)(F)c1ccc(Cl)cc1. The summed E-state index contributed by atoms with van der Waals surface area (Å²) in [5.41, 5.74) is 4.69. The van der Waals surface area contributed by atoms with E-state index >= 15 is 0 Å². The van der Waals surface area contributed by atoms with Crippen molar-refractivity contribution in [2.24, 2.45) is 11.7 Å². The highest BCUT2D eigenvalue weighted by atomic mass is 35.5. The molecule has 1 aromatic carbocycles. The molecule has 0 aliphatic heterocycles. The zero-order valence-electron chi connectivity index (χ0n) is 8.43. The number of nitrogens with two attached hydrogens (primary N) is 1. The largest absolute Gasteiger partial charge is 0.330 e. The quantitative estimate of drug-likeness (QED) is 0.824. The van der Waals surface area contributed by atoms with Crippen molar-refractivity contribution in [3.8, 4) is 0 Å². The van der Waals surface area contributed by atoms with Crippen LogP contribution in [0.25, 0.3) is 0 Å². The summed E-state index contributed by atoms with van der Waals surface area (Å²) in [4.78, 5) is 0. The maximum atomic E-state index is 14.2. The van der Waals surface area contributed by atoms with Crippen molar-refractivity contribution in [1.82, 2.24) is 0 Å². The van der Waals surface area contributed by atoms with Gasteiger partial charge >= 0.3 is 0 Å². The summed E-state index contributed by atoms with van der Waals surface area (Å²) in [6, 6.07) is 6.79. The summed E-state index contributed by atoms with van der Waals surface area (Å²) >= 11 is 5.73. The second kappa shape index (κ2) is 4.28. The van der Waals surface area contributed by atoms with Gasteiger partial charge in [0.05, 0.1) is 0 Å². The highest BCUT2D eigenvalue weighted by molar-refractivity contribution is 6.30. The third-order valence-electron chi connectivity index (χ3n) is 2.69. The normalized spacial score (nSPS) is 17.5. The van der Waals surface area contributed by atoms with E-state index in [-0.39, 0.29) is 5.92 Å². The van der Waals surface area contributed by atoms with Crippen LogP contribution in [0.2, 0.25) is 5.02 Å². The molecule has 0 amide bonds. The summed E-state index contributed by atoms with van der Waals surface area (Å²) in [6.45, 7) is 3.68. The molecule has 0 heterocycles.